The maximum absolute atomic E-state index is 13.3. The molecule has 0 saturated heterocycles. The molecule has 106 valence electrons. The minimum atomic E-state index is -1.77. The van der Waals surface area contributed by atoms with Gasteiger partial charge in [0.1, 0.15) is 5.69 Å². The SMILES string of the molecule is COC(=O)C(C)(C)CNc1c(F)c(F)nc(F)c1F. The first-order valence-corrected chi connectivity index (χ1v) is 5.23. The van der Waals surface area contributed by atoms with Crippen LogP contribution in [0, 0.1) is 28.9 Å². The standard InChI is InChI=1S/C11H12F4N2O2/c1-11(2,10(18)19-3)4-16-7-5(12)8(14)17-9(15)6(7)13/h4H2,1-3H3,(H,16,17). The average molecular weight is 280 g/mol. The number of pyridine rings is 1. The Balaban J connectivity index is 2.99. The molecule has 4 nitrogen and oxygen atoms in total. The first-order valence-electron chi connectivity index (χ1n) is 5.23. The third-order valence-electron chi connectivity index (χ3n) is 2.44. The maximum Gasteiger partial charge on any atom is 0.313 e. The van der Waals surface area contributed by atoms with Gasteiger partial charge in [-0.25, -0.2) is 0 Å². The number of hydrogen-bond donors (Lipinski definition) is 1. The molecule has 0 amide bonds. The van der Waals surface area contributed by atoms with E-state index in [1.807, 2.05) is 0 Å². The normalized spacial score (nSPS) is 11.3. The number of carbonyl (C=O) groups is 1. The van der Waals surface area contributed by atoms with Gasteiger partial charge in [0.05, 0.1) is 12.5 Å². The molecule has 1 rings (SSSR count). The summed E-state index contributed by atoms with van der Waals surface area (Å²) in [6.45, 7) is 2.60. The first-order chi connectivity index (χ1) is 8.70. The fraction of sp³-hybridized carbons (Fsp3) is 0.455. The summed E-state index contributed by atoms with van der Waals surface area (Å²) in [5.41, 5.74) is -2.15. The highest BCUT2D eigenvalue weighted by Gasteiger charge is 2.30. The number of esters is 1. The van der Waals surface area contributed by atoms with E-state index in [-0.39, 0.29) is 6.54 Å². The molecule has 1 aromatic heterocycles. The summed E-state index contributed by atoms with van der Waals surface area (Å²) in [7, 11) is 1.15. The van der Waals surface area contributed by atoms with Crippen LogP contribution in [0.2, 0.25) is 0 Å². The van der Waals surface area contributed by atoms with Crippen LogP contribution in [0.25, 0.3) is 0 Å². The van der Waals surface area contributed by atoms with E-state index in [1.165, 1.54) is 13.8 Å². The van der Waals surface area contributed by atoms with Crippen molar-refractivity contribution in [3.8, 4) is 0 Å². The van der Waals surface area contributed by atoms with Gasteiger partial charge >= 0.3 is 5.97 Å². The second kappa shape index (κ2) is 5.41. The van der Waals surface area contributed by atoms with Gasteiger partial charge in [0, 0.05) is 6.54 Å². The molecular weight excluding hydrogens is 268 g/mol. The monoisotopic (exact) mass is 280 g/mol. The molecule has 0 unspecified atom stereocenters. The van der Waals surface area contributed by atoms with Crippen molar-refractivity contribution >= 4 is 11.7 Å². The van der Waals surface area contributed by atoms with E-state index >= 15 is 0 Å². The lowest BCUT2D eigenvalue weighted by Gasteiger charge is -2.22. The summed E-state index contributed by atoms with van der Waals surface area (Å²) in [6.07, 6.45) is 0. The van der Waals surface area contributed by atoms with Crippen molar-refractivity contribution in [2.75, 3.05) is 19.0 Å². The highest BCUT2D eigenvalue weighted by Crippen LogP contribution is 2.24. The molecule has 0 aliphatic carbocycles. The number of methoxy groups -OCH3 is 1. The fourth-order valence-corrected chi connectivity index (χ4v) is 1.30. The maximum atomic E-state index is 13.3. The molecule has 0 aromatic carbocycles. The van der Waals surface area contributed by atoms with E-state index in [0.29, 0.717) is 0 Å². The van der Waals surface area contributed by atoms with Crippen molar-refractivity contribution in [3.05, 3.63) is 23.5 Å². The van der Waals surface area contributed by atoms with Gasteiger partial charge in [-0.2, -0.15) is 22.5 Å². The minimum absolute atomic E-state index is 0.281. The minimum Gasteiger partial charge on any atom is -0.469 e. The third-order valence-corrected chi connectivity index (χ3v) is 2.44. The molecular formula is C11H12F4N2O2. The van der Waals surface area contributed by atoms with Crippen molar-refractivity contribution < 1.29 is 27.1 Å². The number of aromatic nitrogens is 1. The highest BCUT2D eigenvalue weighted by molar-refractivity contribution is 5.76. The summed E-state index contributed by atoms with van der Waals surface area (Å²) in [4.78, 5) is 13.8. The number of rotatable bonds is 4. The Hall–Kier alpha value is -1.86. The lowest BCUT2D eigenvalue weighted by Crippen LogP contribution is -2.33. The Labute approximate surface area is 106 Å². The summed E-state index contributed by atoms with van der Waals surface area (Å²) >= 11 is 0. The smallest absolute Gasteiger partial charge is 0.313 e. The van der Waals surface area contributed by atoms with Crippen LogP contribution >= 0.6 is 0 Å². The molecule has 8 heteroatoms. The van der Waals surface area contributed by atoms with Crippen molar-refractivity contribution in [1.82, 2.24) is 4.98 Å². The zero-order valence-electron chi connectivity index (χ0n) is 10.5. The molecule has 1 N–H and O–H groups in total. The molecule has 0 radical (unpaired) electrons. The quantitative estimate of drug-likeness (QED) is 0.522. The second-order valence-electron chi connectivity index (χ2n) is 4.43. The van der Waals surface area contributed by atoms with Gasteiger partial charge in [0.2, 0.25) is 11.6 Å². The molecule has 0 bridgehead atoms. The average Bonchev–Trinajstić information content (AvgIpc) is 2.35. The molecule has 19 heavy (non-hydrogen) atoms. The van der Waals surface area contributed by atoms with Gasteiger partial charge in [-0.05, 0) is 13.8 Å². The third kappa shape index (κ3) is 3.12. The van der Waals surface area contributed by atoms with Crippen LogP contribution in [-0.2, 0) is 9.53 Å². The highest BCUT2D eigenvalue weighted by atomic mass is 19.2. The molecule has 1 heterocycles. The van der Waals surface area contributed by atoms with Gasteiger partial charge in [-0.15, -0.1) is 0 Å². The molecule has 0 aliphatic heterocycles. The molecule has 0 spiro atoms. The number of anilines is 1. The van der Waals surface area contributed by atoms with E-state index in [0.717, 1.165) is 7.11 Å². The van der Waals surface area contributed by atoms with E-state index in [9.17, 15) is 22.4 Å². The predicted octanol–water partition coefficient (Wildman–Crippen LogP) is 2.25. The summed E-state index contributed by atoms with van der Waals surface area (Å²) in [5.74, 6) is -7.48. The van der Waals surface area contributed by atoms with Gasteiger partial charge < -0.3 is 10.1 Å². The molecule has 0 aliphatic rings. The van der Waals surface area contributed by atoms with Crippen molar-refractivity contribution in [2.45, 2.75) is 13.8 Å². The first kappa shape index (κ1) is 15.2. The Morgan fingerprint density at radius 2 is 1.68 bits per heavy atom. The number of carbonyl (C=O) groups excluding carboxylic acids is 1. The van der Waals surface area contributed by atoms with Crippen LogP contribution < -0.4 is 5.32 Å². The van der Waals surface area contributed by atoms with E-state index in [2.05, 4.69) is 15.0 Å². The number of halogens is 4. The summed E-state index contributed by atoms with van der Waals surface area (Å²) < 4.78 is 56.7. The topological polar surface area (TPSA) is 51.2 Å². The lowest BCUT2D eigenvalue weighted by molar-refractivity contribution is -0.149. The number of hydrogen-bond acceptors (Lipinski definition) is 4. The van der Waals surface area contributed by atoms with Crippen LogP contribution in [0.3, 0.4) is 0 Å². The van der Waals surface area contributed by atoms with Crippen molar-refractivity contribution in [1.29, 1.82) is 0 Å². The Kier molecular flexibility index (Phi) is 4.33. The van der Waals surface area contributed by atoms with E-state index in [4.69, 9.17) is 0 Å². The van der Waals surface area contributed by atoms with Gasteiger partial charge in [-0.3, -0.25) is 4.79 Å². The van der Waals surface area contributed by atoms with Gasteiger partial charge in [0.15, 0.2) is 0 Å². The predicted molar refractivity (Wildman–Crippen MR) is 58.4 cm³/mol. The fourth-order valence-electron chi connectivity index (χ4n) is 1.30. The van der Waals surface area contributed by atoms with Crippen molar-refractivity contribution in [2.24, 2.45) is 5.41 Å². The van der Waals surface area contributed by atoms with Crippen LogP contribution in [0.4, 0.5) is 23.2 Å². The summed E-state index contributed by atoms with van der Waals surface area (Å²) in [6, 6.07) is 0. The van der Waals surface area contributed by atoms with Crippen LogP contribution in [0.5, 0.6) is 0 Å². The van der Waals surface area contributed by atoms with Crippen LogP contribution in [-0.4, -0.2) is 24.6 Å². The Morgan fingerprint density at radius 1 is 1.21 bits per heavy atom. The largest absolute Gasteiger partial charge is 0.469 e. The molecule has 0 fully saturated rings. The number of ether oxygens (including phenoxy) is 1. The molecule has 1 aromatic rings. The Morgan fingerprint density at radius 3 is 2.11 bits per heavy atom. The van der Waals surface area contributed by atoms with Crippen LogP contribution in [0.15, 0.2) is 0 Å². The zero-order valence-corrected chi connectivity index (χ0v) is 10.5. The van der Waals surface area contributed by atoms with Gasteiger partial charge in [0.25, 0.3) is 11.9 Å². The van der Waals surface area contributed by atoms with E-state index in [1.54, 1.807) is 0 Å². The Bertz CT molecular complexity index is 480. The summed E-state index contributed by atoms with van der Waals surface area (Å²) in [5, 5.41) is 2.15. The second-order valence-corrected chi connectivity index (χ2v) is 4.43. The lowest BCUT2D eigenvalue weighted by atomic mass is 9.93. The van der Waals surface area contributed by atoms with E-state index < -0.39 is 40.6 Å². The number of nitrogens with one attached hydrogen (secondary N) is 1. The van der Waals surface area contributed by atoms with Crippen molar-refractivity contribution in [3.63, 3.8) is 0 Å². The molecule has 0 atom stereocenters. The molecule has 0 saturated carbocycles. The van der Waals surface area contributed by atoms with Crippen LogP contribution in [0.1, 0.15) is 13.8 Å². The number of nitrogens with zero attached hydrogens (tertiary/aromatic N) is 1. The zero-order chi connectivity index (χ0) is 14.8. The van der Waals surface area contributed by atoms with Gasteiger partial charge in [-0.1, -0.05) is 0 Å².